The molecule has 0 aliphatic heterocycles. The van der Waals surface area contributed by atoms with E-state index in [1.54, 1.807) is 29.2 Å². The van der Waals surface area contributed by atoms with Crippen LogP contribution in [0.15, 0.2) is 42.7 Å². The first kappa shape index (κ1) is 15.1. The number of sulfonamides is 1. The highest BCUT2D eigenvalue weighted by Crippen LogP contribution is 2.32. The number of halogens is 1. The first-order valence-electron chi connectivity index (χ1n) is 6.86. The van der Waals surface area contributed by atoms with Gasteiger partial charge in [0, 0.05) is 18.4 Å². The predicted molar refractivity (Wildman–Crippen MR) is 77.8 cm³/mol. The van der Waals surface area contributed by atoms with E-state index in [0.29, 0.717) is 12.0 Å². The molecule has 6 nitrogen and oxygen atoms in total. The fourth-order valence-corrected chi connectivity index (χ4v) is 4.06. The molecule has 0 spiro atoms. The van der Waals surface area contributed by atoms with Crippen LogP contribution in [-0.2, 0) is 15.8 Å². The predicted octanol–water partition coefficient (Wildman–Crippen LogP) is 0.816. The molecule has 1 fully saturated rings. The average Bonchev–Trinajstić information content (AvgIpc) is 2.90. The highest BCUT2D eigenvalue weighted by molar-refractivity contribution is 7.88. The van der Waals surface area contributed by atoms with Crippen molar-refractivity contribution in [2.45, 2.75) is 30.4 Å². The summed E-state index contributed by atoms with van der Waals surface area (Å²) in [4.78, 5) is 0. The van der Waals surface area contributed by atoms with Crippen LogP contribution in [-0.4, -0.2) is 35.5 Å². The van der Waals surface area contributed by atoms with E-state index in [4.69, 9.17) is 0 Å². The molecule has 8 heteroatoms. The summed E-state index contributed by atoms with van der Waals surface area (Å²) in [5, 5.41) is 13.9. The number of benzene rings is 1. The van der Waals surface area contributed by atoms with Crippen molar-refractivity contribution >= 4 is 10.0 Å². The molecule has 1 aliphatic rings. The molecule has 1 aromatic heterocycles. The molecule has 1 aromatic carbocycles. The maximum Gasteiger partial charge on any atom is 0.216 e. The summed E-state index contributed by atoms with van der Waals surface area (Å²) in [6.45, 7) is 0. The lowest BCUT2D eigenvalue weighted by atomic mass is 9.84. The van der Waals surface area contributed by atoms with E-state index in [2.05, 4.69) is 9.82 Å². The quantitative estimate of drug-likeness (QED) is 0.852. The minimum absolute atomic E-state index is 0.302. The first-order valence-corrected chi connectivity index (χ1v) is 8.51. The van der Waals surface area contributed by atoms with Gasteiger partial charge in [-0.25, -0.2) is 17.5 Å². The van der Waals surface area contributed by atoms with Crippen LogP contribution in [0.1, 0.15) is 18.0 Å². The van der Waals surface area contributed by atoms with Crippen molar-refractivity contribution < 1.29 is 17.9 Å². The minimum atomic E-state index is -3.63. The van der Waals surface area contributed by atoms with Crippen molar-refractivity contribution in [3.63, 3.8) is 0 Å². The SMILES string of the molecule is O=S(=O)(Cc1cccc(F)c1)N[C@H]1C[C@@H](O)[C@@H]1n1cccn1. The molecule has 0 bridgehead atoms. The third-order valence-corrected chi connectivity index (χ3v) is 5.08. The van der Waals surface area contributed by atoms with Gasteiger partial charge in [-0.3, -0.25) is 4.68 Å². The lowest BCUT2D eigenvalue weighted by Gasteiger charge is -2.41. The van der Waals surface area contributed by atoms with E-state index in [1.165, 1.54) is 18.2 Å². The zero-order valence-electron chi connectivity index (χ0n) is 11.6. The Labute approximate surface area is 127 Å². The van der Waals surface area contributed by atoms with Gasteiger partial charge in [-0.05, 0) is 30.2 Å². The van der Waals surface area contributed by atoms with Crippen molar-refractivity contribution in [3.8, 4) is 0 Å². The molecule has 1 aliphatic carbocycles. The topological polar surface area (TPSA) is 84.2 Å². The molecule has 3 atom stereocenters. The summed E-state index contributed by atoms with van der Waals surface area (Å²) in [6, 6.07) is 6.36. The number of nitrogens with zero attached hydrogens (tertiary/aromatic N) is 2. The van der Waals surface area contributed by atoms with E-state index in [1.807, 2.05) is 0 Å². The molecule has 2 N–H and O–H groups in total. The van der Waals surface area contributed by atoms with E-state index in [0.717, 1.165) is 0 Å². The second-order valence-electron chi connectivity index (χ2n) is 5.39. The van der Waals surface area contributed by atoms with Gasteiger partial charge in [-0.1, -0.05) is 12.1 Å². The van der Waals surface area contributed by atoms with Crippen molar-refractivity contribution in [1.29, 1.82) is 0 Å². The smallest absolute Gasteiger partial charge is 0.216 e. The van der Waals surface area contributed by atoms with Gasteiger partial charge < -0.3 is 5.11 Å². The third-order valence-electron chi connectivity index (χ3n) is 3.71. The molecule has 118 valence electrons. The van der Waals surface area contributed by atoms with Gasteiger partial charge in [0.15, 0.2) is 0 Å². The Bertz CT molecular complexity index is 748. The molecule has 1 saturated carbocycles. The Kier molecular flexibility index (Phi) is 3.98. The Morgan fingerprint density at radius 3 is 2.86 bits per heavy atom. The fourth-order valence-electron chi connectivity index (χ4n) is 2.67. The van der Waals surface area contributed by atoms with Crippen molar-refractivity contribution in [3.05, 3.63) is 54.1 Å². The second kappa shape index (κ2) is 5.79. The molecule has 2 aromatic rings. The monoisotopic (exact) mass is 325 g/mol. The van der Waals surface area contributed by atoms with Gasteiger partial charge in [0.2, 0.25) is 10.0 Å². The van der Waals surface area contributed by atoms with Gasteiger partial charge >= 0.3 is 0 Å². The normalized spacial score (nSPS) is 24.9. The van der Waals surface area contributed by atoms with Crippen molar-refractivity contribution in [1.82, 2.24) is 14.5 Å². The number of nitrogens with one attached hydrogen (secondary N) is 1. The minimum Gasteiger partial charge on any atom is -0.391 e. The Morgan fingerprint density at radius 2 is 2.23 bits per heavy atom. The lowest BCUT2D eigenvalue weighted by Crippen LogP contribution is -2.56. The number of hydrogen-bond donors (Lipinski definition) is 2. The molecule has 1 heterocycles. The van der Waals surface area contributed by atoms with E-state index < -0.39 is 34.0 Å². The van der Waals surface area contributed by atoms with Crippen LogP contribution in [0.4, 0.5) is 4.39 Å². The molecule has 3 rings (SSSR count). The number of aliphatic hydroxyl groups is 1. The van der Waals surface area contributed by atoms with E-state index >= 15 is 0 Å². The van der Waals surface area contributed by atoms with Crippen LogP contribution in [0, 0.1) is 5.82 Å². The number of rotatable bonds is 5. The standard InChI is InChI=1S/C14H16FN3O3S/c15-11-4-1-3-10(7-11)9-22(20,21)17-12-8-13(19)14(12)18-6-2-5-16-18/h1-7,12-14,17,19H,8-9H2/t12-,13+,14+/m0/s1. The summed E-state index contributed by atoms with van der Waals surface area (Å²) >= 11 is 0. The highest BCUT2D eigenvalue weighted by Gasteiger charge is 2.43. The Balaban J connectivity index is 1.69. The second-order valence-corrected chi connectivity index (χ2v) is 7.15. The number of aliphatic hydroxyl groups excluding tert-OH is 1. The molecule has 0 radical (unpaired) electrons. The zero-order valence-corrected chi connectivity index (χ0v) is 12.4. The van der Waals surface area contributed by atoms with Crippen molar-refractivity contribution in [2.75, 3.05) is 0 Å². The summed E-state index contributed by atoms with van der Waals surface area (Å²) in [5.41, 5.74) is 0.378. The summed E-state index contributed by atoms with van der Waals surface area (Å²) in [7, 11) is -3.63. The molecule has 22 heavy (non-hydrogen) atoms. The van der Waals surface area contributed by atoms with Gasteiger partial charge in [-0.15, -0.1) is 0 Å². The average molecular weight is 325 g/mol. The van der Waals surface area contributed by atoms with Crippen LogP contribution in [0.5, 0.6) is 0 Å². The Hall–Kier alpha value is -1.77. The van der Waals surface area contributed by atoms with Gasteiger partial charge in [0.25, 0.3) is 0 Å². The van der Waals surface area contributed by atoms with Crippen LogP contribution in [0.25, 0.3) is 0 Å². The van der Waals surface area contributed by atoms with Gasteiger partial charge in [0.1, 0.15) is 5.82 Å². The van der Waals surface area contributed by atoms with Gasteiger partial charge in [0.05, 0.1) is 17.9 Å². The molecule has 0 amide bonds. The largest absolute Gasteiger partial charge is 0.391 e. The zero-order chi connectivity index (χ0) is 15.7. The van der Waals surface area contributed by atoms with Crippen LogP contribution in [0.2, 0.25) is 0 Å². The maximum atomic E-state index is 13.1. The van der Waals surface area contributed by atoms with Crippen molar-refractivity contribution in [2.24, 2.45) is 0 Å². The molecule has 0 saturated heterocycles. The van der Waals surface area contributed by atoms with Crippen LogP contribution >= 0.6 is 0 Å². The summed E-state index contributed by atoms with van der Waals surface area (Å²) in [5.74, 6) is -0.774. The van der Waals surface area contributed by atoms with E-state index in [9.17, 15) is 17.9 Å². The summed E-state index contributed by atoms with van der Waals surface area (Å²) in [6.07, 6.45) is 2.94. The Morgan fingerprint density at radius 1 is 1.41 bits per heavy atom. The van der Waals surface area contributed by atoms with Gasteiger partial charge in [-0.2, -0.15) is 5.10 Å². The third kappa shape index (κ3) is 3.18. The van der Waals surface area contributed by atoms with Crippen LogP contribution < -0.4 is 4.72 Å². The van der Waals surface area contributed by atoms with E-state index in [-0.39, 0.29) is 5.75 Å². The van der Waals surface area contributed by atoms with Crippen LogP contribution in [0.3, 0.4) is 0 Å². The fraction of sp³-hybridized carbons (Fsp3) is 0.357. The molecular formula is C14H16FN3O3S. The lowest BCUT2D eigenvalue weighted by molar-refractivity contribution is 0.000530. The summed E-state index contributed by atoms with van der Waals surface area (Å²) < 4.78 is 41.6. The molecular weight excluding hydrogens is 309 g/mol. The maximum absolute atomic E-state index is 13.1. The number of aromatic nitrogens is 2. The highest BCUT2D eigenvalue weighted by atomic mass is 32.2. The number of hydrogen-bond acceptors (Lipinski definition) is 4. The first-order chi connectivity index (χ1) is 10.4. The molecule has 0 unspecified atom stereocenters.